The summed E-state index contributed by atoms with van der Waals surface area (Å²) in [5, 5.41) is 0. The van der Waals surface area contributed by atoms with Crippen molar-refractivity contribution in [2.24, 2.45) is 0 Å². The lowest BCUT2D eigenvalue weighted by atomic mass is 10.9. The molecule has 17 heavy (non-hydrogen) atoms. The van der Waals surface area contributed by atoms with Crippen LogP contribution in [0, 0.1) is 0 Å². The Kier molecular flexibility index (Phi) is 12.5. The maximum Gasteiger partial charge on any atom is 0.556 e. The molecule has 0 heterocycles. The highest BCUT2D eigenvalue weighted by Gasteiger charge is 2.32. The standard InChI is InChI=1S/C6H12Cl3O7P/c7-1-4-11-14-17(10,15-12-5-2-8)16-13-6-3-9/h1-6H2. The number of hydrogen-bond acceptors (Lipinski definition) is 7. The van der Waals surface area contributed by atoms with E-state index in [0.717, 1.165) is 0 Å². The summed E-state index contributed by atoms with van der Waals surface area (Å²) in [4.78, 5) is 13.3. The van der Waals surface area contributed by atoms with Gasteiger partial charge < -0.3 is 0 Å². The highest BCUT2D eigenvalue weighted by molar-refractivity contribution is 7.48. The Bertz CT molecular complexity index is 187. The summed E-state index contributed by atoms with van der Waals surface area (Å²) < 4.78 is 24.7. The average Bonchev–Trinajstić information content (AvgIpc) is 2.30. The van der Waals surface area contributed by atoms with Crippen LogP contribution in [0.5, 0.6) is 0 Å². The molecule has 7 nitrogen and oxygen atoms in total. The van der Waals surface area contributed by atoms with Gasteiger partial charge in [0.05, 0.1) is 19.8 Å². The first kappa shape index (κ1) is 17.9. The zero-order chi connectivity index (χ0) is 13.0. The minimum absolute atomic E-state index is 0.0245. The van der Waals surface area contributed by atoms with Crippen molar-refractivity contribution in [2.75, 3.05) is 37.5 Å². The third-order valence-electron chi connectivity index (χ3n) is 0.913. The molecule has 0 aromatic carbocycles. The van der Waals surface area contributed by atoms with E-state index in [1.165, 1.54) is 0 Å². The molecule has 0 N–H and O–H groups in total. The topological polar surface area (TPSA) is 72.5 Å². The van der Waals surface area contributed by atoms with E-state index in [1.54, 1.807) is 0 Å². The summed E-state index contributed by atoms with van der Waals surface area (Å²) in [7, 11) is -4.15. The molecule has 11 heteroatoms. The fourth-order valence-corrected chi connectivity index (χ4v) is 1.31. The molecule has 0 saturated carbocycles. The molecular formula is C6H12Cl3O7P. The second-order valence-electron chi connectivity index (χ2n) is 2.20. The summed E-state index contributed by atoms with van der Waals surface area (Å²) in [5.41, 5.74) is 0. The third kappa shape index (κ3) is 10.5. The maximum atomic E-state index is 11.7. The fraction of sp³-hybridized carbons (Fsp3) is 1.00. The van der Waals surface area contributed by atoms with Crippen LogP contribution in [0.4, 0.5) is 0 Å². The quantitative estimate of drug-likeness (QED) is 0.179. The van der Waals surface area contributed by atoms with Gasteiger partial charge in [-0.3, -0.25) is 0 Å². The average molecular weight is 333 g/mol. The predicted molar refractivity (Wildman–Crippen MR) is 60.9 cm³/mol. The summed E-state index contributed by atoms with van der Waals surface area (Å²) in [6, 6.07) is 0. The third-order valence-corrected chi connectivity index (χ3v) is 2.24. The number of alkyl halides is 3. The summed E-state index contributed by atoms with van der Waals surface area (Å²) in [6.07, 6.45) is 0. The van der Waals surface area contributed by atoms with E-state index in [0.29, 0.717) is 0 Å². The highest BCUT2D eigenvalue weighted by atomic mass is 35.5. The lowest BCUT2D eigenvalue weighted by molar-refractivity contribution is -0.320. The minimum atomic E-state index is -4.15. The van der Waals surface area contributed by atoms with Crippen LogP contribution < -0.4 is 0 Å². The summed E-state index contributed by atoms with van der Waals surface area (Å²) in [5.74, 6) is 0.390. The van der Waals surface area contributed by atoms with Gasteiger partial charge in [-0.15, -0.1) is 48.8 Å². The first-order chi connectivity index (χ1) is 8.18. The van der Waals surface area contributed by atoms with Gasteiger partial charge in [0.15, 0.2) is 0 Å². The zero-order valence-corrected chi connectivity index (χ0v) is 11.8. The Balaban J connectivity index is 4.00. The molecule has 0 rings (SSSR count). The van der Waals surface area contributed by atoms with Gasteiger partial charge in [0.25, 0.3) is 0 Å². The molecular weight excluding hydrogens is 321 g/mol. The Morgan fingerprint density at radius 3 is 1.24 bits per heavy atom. The Labute approximate surface area is 113 Å². The van der Waals surface area contributed by atoms with Crippen molar-refractivity contribution in [1.82, 2.24) is 0 Å². The van der Waals surface area contributed by atoms with E-state index in [4.69, 9.17) is 34.8 Å². The van der Waals surface area contributed by atoms with Crippen LogP contribution in [0.2, 0.25) is 0 Å². The molecule has 0 aliphatic rings. The smallest absolute Gasteiger partial charge is 0.225 e. The molecule has 0 radical (unpaired) electrons. The molecule has 0 saturated heterocycles. The second kappa shape index (κ2) is 11.9. The van der Waals surface area contributed by atoms with Gasteiger partial charge >= 0.3 is 7.82 Å². The molecule has 0 aromatic heterocycles. The van der Waals surface area contributed by atoms with Crippen LogP contribution >= 0.6 is 42.6 Å². The monoisotopic (exact) mass is 332 g/mol. The van der Waals surface area contributed by atoms with Crippen LogP contribution in [0.15, 0.2) is 0 Å². The predicted octanol–water partition coefficient (Wildman–Crippen LogP) is 2.66. The molecule has 0 bridgehead atoms. The van der Waals surface area contributed by atoms with Crippen molar-refractivity contribution >= 4 is 42.6 Å². The number of hydrogen-bond donors (Lipinski definition) is 0. The molecule has 0 aliphatic heterocycles. The van der Waals surface area contributed by atoms with Gasteiger partial charge in [-0.2, -0.15) is 0 Å². The lowest BCUT2D eigenvalue weighted by Crippen LogP contribution is -2.06. The first-order valence-corrected chi connectivity index (χ1v) is 7.46. The molecule has 0 fully saturated rings. The van der Waals surface area contributed by atoms with Gasteiger partial charge in [-0.25, -0.2) is 19.2 Å². The van der Waals surface area contributed by atoms with Crippen molar-refractivity contribution < 1.29 is 33.3 Å². The molecule has 0 amide bonds. The summed E-state index contributed by atoms with van der Waals surface area (Å²) >= 11 is 15.9. The van der Waals surface area contributed by atoms with Crippen LogP contribution in [0.3, 0.4) is 0 Å². The van der Waals surface area contributed by atoms with E-state index < -0.39 is 7.82 Å². The Morgan fingerprint density at radius 1 is 0.706 bits per heavy atom. The van der Waals surface area contributed by atoms with Crippen molar-refractivity contribution in [3.05, 3.63) is 0 Å². The Morgan fingerprint density at radius 2 is 1.00 bits per heavy atom. The normalized spacial score (nSPS) is 11.9. The SMILES string of the molecule is O=P(OOCCCl)(OOCCCl)OOCCCl. The van der Waals surface area contributed by atoms with E-state index in [2.05, 4.69) is 28.7 Å². The van der Waals surface area contributed by atoms with Crippen LogP contribution in [-0.2, 0) is 33.3 Å². The van der Waals surface area contributed by atoms with Crippen molar-refractivity contribution in [3.63, 3.8) is 0 Å². The molecule has 0 aliphatic carbocycles. The zero-order valence-electron chi connectivity index (χ0n) is 8.68. The summed E-state index contributed by atoms with van der Waals surface area (Å²) in [6.45, 7) is -0.0736. The van der Waals surface area contributed by atoms with Gasteiger partial charge in [-0.05, 0) is 0 Å². The van der Waals surface area contributed by atoms with Crippen LogP contribution in [0.1, 0.15) is 0 Å². The lowest BCUT2D eigenvalue weighted by Gasteiger charge is -2.13. The number of rotatable bonds is 12. The van der Waals surface area contributed by atoms with Crippen molar-refractivity contribution in [3.8, 4) is 0 Å². The first-order valence-electron chi connectivity index (χ1n) is 4.40. The molecule has 0 atom stereocenters. The largest absolute Gasteiger partial charge is 0.556 e. The van der Waals surface area contributed by atoms with Crippen molar-refractivity contribution in [2.45, 2.75) is 0 Å². The maximum absolute atomic E-state index is 11.7. The van der Waals surface area contributed by atoms with Gasteiger partial charge in [-0.1, -0.05) is 0 Å². The molecule has 0 spiro atoms. The van der Waals surface area contributed by atoms with Gasteiger partial charge in [0.1, 0.15) is 0 Å². The second-order valence-corrected chi connectivity index (χ2v) is 4.68. The van der Waals surface area contributed by atoms with E-state index in [-0.39, 0.29) is 37.5 Å². The van der Waals surface area contributed by atoms with Crippen molar-refractivity contribution in [1.29, 1.82) is 0 Å². The van der Waals surface area contributed by atoms with E-state index in [9.17, 15) is 4.57 Å². The highest BCUT2D eigenvalue weighted by Crippen LogP contribution is 2.50. The minimum Gasteiger partial charge on any atom is -0.225 e. The number of phosphoric acid groups is 1. The van der Waals surface area contributed by atoms with E-state index in [1.807, 2.05) is 0 Å². The number of halogens is 3. The van der Waals surface area contributed by atoms with Gasteiger partial charge in [0, 0.05) is 17.6 Å². The van der Waals surface area contributed by atoms with Crippen LogP contribution in [-0.4, -0.2) is 37.5 Å². The molecule has 0 aromatic rings. The van der Waals surface area contributed by atoms with E-state index >= 15 is 0 Å². The molecule has 0 unspecified atom stereocenters. The van der Waals surface area contributed by atoms with Crippen LogP contribution in [0.25, 0.3) is 0 Å². The van der Waals surface area contributed by atoms with Gasteiger partial charge in [0.2, 0.25) is 0 Å². The Hall–Kier alpha value is 0.860. The fourth-order valence-electron chi connectivity index (χ4n) is 0.437. The molecule has 104 valence electrons.